The molecule has 0 aliphatic carbocycles. The Kier molecular flexibility index (Phi) is 3.99. The highest BCUT2D eigenvalue weighted by Gasteiger charge is 2.33. The maximum Gasteiger partial charge on any atom is 0.282 e. The van der Waals surface area contributed by atoms with Crippen LogP contribution >= 0.6 is 0 Å². The third-order valence-corrected chi connectivity index (χ3v) is 5.38. The number of hydrogen-bond donors (Lipinski definition) is 0. The lowest BCUT2D eigenvalue weighted by molar-refractivity contribution is 0.199. The molecule has 6 nitrogen and oxygen atoms in total. The van der Waals surface area contributed by atoms with E-state index in [-0.39, 0.29) is 0 Å². The van der Waals surface area contributed by atoms with Crippen LogP contribution in [0.15, 0.2) is 0 Å². The molecular formula is C10H18N4O2S. The standard InChI is InChI=1S/C10H18N4O2S/c11-3-6-12-7-9-14(10-8-12)17(15,16)13-4-1-2-5-13/h1-2,4-10H2. The van der Waals surface area contributed by atoms with Gasteiger partial charge in [-0.25, -0.2) is 0 Å². The molecule has 0 saturated carbocycles. The van der Waals surface area contributed by atoms with Gasteiger partial charge in [-0.1, -0.05) is 0 Å². The van der Waals surface area contributed by atoms with Gasteiger partial charge in [-0.3, -0.25) is 4.90 Å². The zero-order valence-electron chi connectivity index (χ0n) is 9.88. The highest BCUT2D eigenvalue weighted by atomic mass is 32.2. The number of hydrogen-bond acceptors (Lipinski definition) is 4. The van der Waals surface area contributed by atoms with E-state index in [4.69, 9.17) is 5.26 Å². The summed E-state index contributed by atoms with van der Waals surface area (Å²) in [5.74, 6) is 0. The van der Waals surface area contributed by atoms with Crippen molar-refractivity contribution in [1.29, 1.82) is 5.26 Å². The van der Waals surface area contributed by atoms with Gasteiger partial charge in [-0.2, -0.15) is 22.3 Å². The van der Waals surface area contributed by atoms with E-state index in [2.05, 4.69) is 6.07 Å². The molecule has 2 rings (SSSR count). The Balaban J connectivity index is 1.94. The molecule has 0 spiro atoms. The van der Waals surface area contributed by atoms with E-state index in [0.29, 0.717) is 45.8 Å². The van der Waals surface area contributed by atoms with Crippen molar-refractivity contribution in [3.8, 4) is 6.07 Å². The van der Waals surface area contributed by atoms with Crippen LogP contribution in [0.4, 0.5) is 0 Å². The molecule has 0 atom stereocenters. The van der Waals surface area contributed by atoms with E-state index >= 15 is 0 Å². The van der Waals surface area contributed by atoms with E-state index in [0.717, 1.165) is 12.8 Å². The summed E-state index contributed by atoms with van der Waals surface area (Å²) < 4.78 is 27.6. The third-order valence-electron chi connectivity index (χ3n) is 3.34. The molecule has 0 unspecified atom stereocenters. The molecule has 0 N–H and O–H groups in total. The lowest BCUT2D eigenvalue weighted by Gasteiger charge is -2.34. The first-order valence-corrected chi connectivity index (χ1v) is 7.39. The monoisotopic (exact) mass is 258 g/mol. The molecule has 0 aromatic carbocycles. The lowest BCUT2D eigenvalue weighted by Crippen LogP contribution is -2.52. The van der Waals surface area contributed by atoms with Crippen LogP contribution in [0.1, 0.15) is 12.8 Å². The number of nitriles is 1. The van der Waals surface area contributed by atoms with Gasteiger partial charge in [-0.05, 0) is 12.8 Å². The summed E-state index contributed by atoms with van der Waals surface area (Å²) in [5, 5.41) is 8.59. The molecule has 2 heterocycles. The SMILES string of the molecule is N#CCN1CCN(S(=O)(=O)N2CCCC2)CC1. The van der Waals surface area contributed by atoms with Gasteiger partial charge in [0.25, 0.3) is 10.2 Å². The average molecular weight is 258 g/mol. The van der Waals surface area contributed by atoms with E-state index in [9.17, 15) is 8.42 Å². The maximum absolute atomic E-state index is 12.2. The Bertz CT molecular complexity index is 389. The van der Waals surface area contributed by atoms with Crippen LogP contribution in [0.25, 0.3) is 0 Å². The van der Waals surface area contributed by atoms with E-state index in [1.54, 1.807) is 8.61 Å². The molecule has 96 valence electrons. The smallest absolute Gasteiger partial charge is 0.282 e. The van der Waals surface area contributed by atoms with Gasteiger partial charge < -0.3 is 0 Å². The van der Waals surface area contributed by atoms with Crippen molar-refractivity contribution in [2.45, 2.75) is 12.8 Å². The fourth-order valence-corrected chi connectivity index (χ4v) is 3.97. The van der Waals surface area contributed by atoms with Gasteiger partial charge in [0.2, 0.25) is 0 Å². The summed E-state index contributed by atoms with van der Waals surface area (Å²) in [7, 11) is -3.24. The van der Waals surface area contributed by atoms with Crippen molar-refractivity contribution in [1.82, 2.24) is 13.5 Å². The highest BCUT2D eigenvalue weighted by molar-refractivity contribution is 7.86. The third kappa shape index (κ3) is 2.77. The van der Waals surface area contributed by atoms with E-state index in [1.807, 2.05) is 4.90 Å². The van der Waals surface area contributed by atoms with Crippen molar-refractivity contribution >= 4 is 10.2 Å². The van der Waals surface area contributed by atoms with Crippen LogP contribution < -0.4 is 0 Å². The van der Waals surface area contributed by atoms with Gasteiger partial charge in [0.1, 0.15) is 0 Å². The Hall–Kier alpha value is -0.680. The Morgan fingerprint density at radius 1 is 0.941 bits per heavy atom. The zero-order valence-corrected chi connectivity index (χ0v) is 10.7. The molecule has 0 aromatic rings. The lowest BCUT2D eigenvalue weighted by atomic mass is 10.4. The molecule has 2 fully saturated rings. The van der Waals surface area contributed by atoms with Crippen molar-refractivity contribution in [2.75, 3.05) is 45.8 Å². The number of nitrogens with zero attached hydrogens (tertiary/aromatic N) is 4. The first-order valence-electron chi connectivity index (χ1n) is 5.99. The molecule has 2 saturated heterocycles. The van der Waals surface area contributed by atoms with Crippen LogP contribution in [0.2, 0.25) is 0 Å². The van der Waals surface area contributed by atoms with Crippen LogP contribution in [-0.4, -0.2) is 67.7 Å². The van der Waals surface area contributed by atoms with Crippen LogP contribution in [0.3, 0.4) is 0 Å². The number of piperazine rings is 1. The molecular weight excluding hydrogens is 240 g/mol. The predicted octanol–water partition coefficient (Wildman–Crippen LogP) is -0.532. The van der Waals surface area contributed by atoms with E-state index in [1.165, 1.54) is 0 Å². The van der Waals surface area contributed by atoms with Crippen molar-refractivity contribution < 1.29 is 8.42 Å². The average Bonchev–Trinajstić information content (AvgIpc) is 2.84. The highest BCUT2D eigenvalue weighted by Crippen LogP contribution is 2.17. The molecule has 7 heteroatoms. The largest absolute Gasteiger partial charge is 0.288 e. The fourth-order valence-electron chi connectivity index (χ4n) is 2.30. The topological polar surface area (TPSA) is 67.6 Å². The Morgan fingerprint density at radius 3 is 2.00 bits per heavy atom. The van der Waals surface area contributed by atoms with Gasteiger partial charge in [0, 0.05) is 39.3 Å². The van der Waals surface area contributed by atoms with E-state index < -0.39 is 10.2 Å². The second kappa shape index (κ2) is 5.31. The Morgan fingerprint density at radius 2 is 1.47 bits per heavy atom. The molecule has 17 heavy (non-hydrogen) atoms. The van der Waals surface area contributed by atoms with Crippen LogP contribution in [0, 0.1) is 11.3 Å². The zero-order chi connectivity index (χ0) is 12.3. The first kappa shape index (κ1) is 12.8. The molecule has 0 amide bonds. The van der Waals surface area contributed by atoms with Crippen molar-refractivity contribution in [2.24, 2.45) is 0 Å². The summed E-state index contributed by atoms with van der Waals surface area (Å²) in [6.45, 7) is 4.00. The van der Waals surface area contributed by atoms with Crippen LogP contribution in [-0.2, 0) is 10.2 Å². The molecule has 0 aromatic heterocycles. The van der Waals surface area contributed by atoms with Gasteiger partial charge in [-0.15, -0.1) is 0 Å². The van der Waals surface area contributed by atoms with Crippen LogP contribution in [0.5, 0.6) is 0 Å². The second-order valence-electron chi connectivity index (χ2n) is 4.45. The molecule has 0 bridgehead atoms. The minimum atomic E-state index is -3.24. The summed E-state index contributed by atoms with van der Waals surface area (Å²) in [6, 6.07) is 2.09. The summed E-state index contributed by atoms with van der Waals surface area (Å²) in [6.07, 6.45) is 1.93. The summed E-state index contributed by atoms with van der Waals surface area (Å²) >= 11 is 0. The van der Waals surface area contributed by atoms with Crippen molar-refractivity contribution in [3.05, 3.63) is 0 Å². The first-order chi connectivity index (χ1) is 8.14. The summed E-state index contributed by atoms with van der Waals surface area (Å²) in [5.41, 5.74) is 0. The normalized spacial score (nSPS) is 24.9. The molecule has 2 aliphatic rings. The molecule has 0 radical (unpaired) electrons. The quantitative estimate of drug-likeness (QED) is 0.638. The van der Waals surface area contributed by atoms with Gasteiger partial charge in [0.15, 0.2) is 0 Å². The minimum Gasteiger partial charge on any atom is -0.288 e. The maximum atomic E-state index is 12.2. The van der Waals surface area contributed by atoms with Gasteiger partial charge >= 0.3 is 0 Å². The van der Waals surface area contributed by atoms with Gasteiger partial charge in [0.05, 0.1) is 12.6 Å². The Labute approximate surface area is 103 Å². The second-order valence-corrected chi connectivity index (χ2v) is 6.38. The molecule has 2 aliphatic heterocycles. The predicted molar refractivity (Wildman–Crippen MR) is 63.4 cm³/mol. The van der Waals surface area contributed by atoms with Crippen molar-refractivity contribution in [3.63, 3.8) is 0 Å². The fraction of sp³-hybridized carbons (Fsp3) is 0.900. The summed E-state index contributed by atoms with van der Waals surface area (Å²) in [4.78, 5) is 1.98. The minimum absolute atomic E-state index is 0.387. The number of rotatable bonds is 3.